The normalized spacial score (nSPS) is 21.5. The van der Waals surface area contributed by atoms with Crippen LogP contribution in [0, 0.1) is 5.92 Å². The number of carbonyl (C=O) groups excluding carboxylic acids is 2. The molecule has 0 unspecified atom stereocenters. The van der Waals surface area contributed by atoms with Crippen LogP contribution in [-0.2, 0) is 23.0 Å². The fourth-order valence-electron chi connectivity index (χ4n) is 3.61. The number of carbonyl (C=O) groups is 2. The Morgan fingerprint density at radius 3 is 2.90 bits per heavy atom. The Balaban J connectivity index is 1.51. The van der Waals surface area contributed by atoms with Gasteiger partial charge in [0.1, 0.15) is 17.7 Å². The van der Waals surface area contributed by atoms with E-state index in [9.17, 15) is 14.4 Å². The summed E-state index contributed by atoms with van der Waals surface area (Å²) in [6.45, 7) is 0.483. The lowest BCUT2D eigenvalue weighted by molar-refractivity contribution is -0.127. The van der Waals surface area contributed by atoms with E-state index < -0.39 is 11.5 Å². The molecule has 3 N–H and O–H groups in total. The summed E-state index contributed by atoms with van der Waals surface area (Å²) in [7, 11) is 3.42. The van der Waals surface area contributed by atoms with E-state index >= 15 is 0 Å². The van der Waals surface area contributed by atoms with Gasteiger partial charge in [0, 0.05) is 39.2 Å². The first-order valence-corrected chi connectivity index (χ1v) is 9.61. The van der Waals surface area contributed by atoms with Gasteiger partial charge >= 0.3 is 0 Å². The van der Waals surface area contributed by atoms with Crippen molar-refractivity contribution >= 4 is 11.8 Å². The van der Waals surface area contributed by atoms with E-state index in [-0.39, 0.29) is 29.5 Å². The number of aromatic nitrogens is 4. The molecule has 1 aliphatic carbocycles. The number of hydrogen-bond donors (Lipinski definition) is 3. The lowest BCUT2D eigenvalue weighted by atomic mass is 9.83. The van der Waals surface area contributed by atoms with E-state index in [0.29, 0.717) is 32.2 Å². The molecule has 2 amide bonds. The van der Waals surface area contributed by atoms with Gasteiger partial charge in [-0.05, 0) is 31.4 Å². The van der Waals surface area contributed by atoms with Gasteiger partial charge in [-0.1, -0.05) is 0 Å². The van der Waals surface area contributed by atoms with Gasteiger partial charge in [0.15, 0.2) is 0 Å². The zero-order chi connectivity index (χ0) is 20.8. The van der Waals surface area contributed by atoms with Gasteiger partial charge in [0.25, 0.3) is 11.5 Å². The third-order valence-electron chi connectivity index (χ3n) is 5.30. The van der Waals surface area contributed by atoms with Gasteiger partial charge < -0.3 is 24.9 Å². The predicted octanol–water partition coefficient (Wildman–Crippen LogP) is -0.224. The second kappa shape index (κ2) is 9.46. The SMILES string of the molecule is CO[C@@H]1C[C@@H](C(=O)NCCc2nncn2C)CC[C@H]1NC(=O)c1ccc[nH]c1=O. The third kappa shape index (κ3) is 5.08. The number of nitrogens with one attached hydrogen (secondary N) is 3. The van der Waals surface area contributed by atoms with Gasteiger partial charge in [-0.15, -0.1) is 10.2 Å². The van der Waals surface area contributed by atoms with E-state index in [4.69, 9.17) is 4.74 Å². The van der Waals surface area contributed by atoms with Crippen LogP contribution >= 0.6 is 0 Å². The van der Waals surface area contributed by atoms with Crippen LogP contribution in [0.5, 0.6) is 0 Å². The van der Waals surface area contributed by atoms with Crippen molar-refractivity contribution in [1.82, 2.24) is 30.4 Å². The molecular weight excluding hydrogens is 376 g/mol. The van der Waals surface area contributed by atoms with Gasteiger partial charge in [0.05, 0.1) is 12.1 Å². The first kappa shape index (κ1) is 20.7. The predicted molar refractivity (Wildman–Crippen MR) is 104 cm³/mol. The van der Waals surface area contributed by atoms with E-state index in [1.807, 2.05) is 11.6 Å². The summed E-state index contributed by atoms with van der Waals surface area (Å²) in [5.74, 6) is 0.152. The zero-order valence-corrected chi connectivity index (χ0v) is 16.6. The van der Waals surface area contributed by atoms with Crippen LogP contribution in [0.2, 0.25) is 0 Å². The molecule has 10 heteroatoms. The second-order valence-electron chi connectivity index (χ2n) is 7.18. The lowest BCUT2D eigenvalue weighted by Gasteiger charge is -2.35. The summed E-state index contributed by atoms with van der Waals surface area (Å²) in [6, 6.07) is 2.83. The van der Waals surface area contributed by atoms with Gasteiger partial charge in [-0.2, -0.15) is 0 Å². The number of aryl methyl sites for hydroxylation is 1. The highest BCUT2D eigenvalue weighted by molar-refractivity contribution is 5.94. The quantitative estimate of drug-likeness (QED) is 0.587. The minimum Gasteiger partial charge on any atom is -0.379 e. The Morgan fingerprint density at radius 1 is 1.38 bits per heavy atom. The molecule has 1 saturated carbocycles. The molecule has 156 valence electrons. The first-order valence-electron chi connectivity index (χ1n) is 9.61. The number of pyridine rings is 1. The Kier molecular flexibility index (Phi) is 6.76. The number of aromatic amines is 1. The molecular formula is C19H26N6O4. The van der Waals surface area contributed by atoms with Crippen LogP contribution in [0.15, 0.2) is 29.5 Å². The van der Waals surface area contributed by atoms with Crippen LogP contribution in [0.25, 0.3) is 0 Å². The fraction of sp³-hybridized carbons (Fsp3) is 0.526. The van der Waals surface area contributed by atoms with Crippen LogP contribution in [-0.4, -0.2) is 57.4 Å². The molecule has 2 heterocycles. The molecule has 2 aromatic heterocycles. The van der Waals surface area contributed by atoms with Gasteiger partial charge in [-0.3, -0.25) is 14.4 Å². The fourth-order valence-corrected chi connectivity index (χ4v) is 3.61. The topological polar surface area (TPSA) is 131 Å². The third-order valence-corrected chi connectivity index (χ3v) is 5.30. The molecule has 0 radical (unpaired) electrons. The maximum atomic E-state index is 12.5. The largest absolute Gasteiger partial charge is 0.379 e. The monoisotopic (exact) mass is 402 g/mol. The zero-order valence-electron chi connectivity index (χ0n) is 16.6. The van der Waals surface area contributed by atoms with Gasteiger partial charge in [-0.25, -0.2) is 0 Å². The molecule has 3 rings (SSSR count). The van der Waals surface area contributed by atoms with Crippen molar-refractivity contribution in [2.24, 2.45) is 13.0 Å². The van der Waals surface area contributed by atoms with Crippen molar-refractivity contribution in [1.29, 1.82) is 0 Å². The van der Waals surface area contributed by atoms with Crippen molar-refractivity contribution in [2.75, 3.05) is 13.7 Å². The highest BCUT2D eigenvalue weighted by Crippen LogP contribution is 2.27. The van der Waals surface area contributed by atoms with Crippen molar-refractivity contribution in [3.05, 3.63) is 46.4 Å². The first-order chi connectivity index (χ1) is 14.0. The van der Waals surface area contributed by atoms with Crippen LogP contribution in [0.4, 0.5) is 0 Å². The lowest BCUT2D eigenvalue weighted by Crippen LogP contribution is -2.50. The number of hydrogen-bond acceptors (Lipinski definition) is 6. The van der Waals surface area contributed by atoms with Crippen molar-refractivity contribution < 1.29 is 14.3 Å². The molecule has 0 bridgehead atoms. The maximum Gasteiger partial charge on any atom is 0.260 e. The van der Waals surface area contributed by atoms with Crippen molar-refractivity contribution in [3.63, 3.8) is 0 Å². The van der Waals surface area contributed by atoms with Crippen LogP contribution in [0.3, 0.4) is 0 Å². The molecule has 0 saturated heterocycles. The van der Waals surface area contributed by atoms with Crippen LogP contribution in [0.1, 0.15) is 35.4 Å². The standard InChI is InChI=1S/C19H26N6O4/c1-25-11-22-24-16(25)7-9-21-17(26)12-5-6-14(15(10-12)29-2)23-19(28)13-4-3-8-20-18(13)27/h3-4,8,11-12,14-15H,5-7,9-10H2,1-2H3,(H,20,27)(H,21,26)(H,23,28)/t12-,14+,15+/m0/s1. The summed E-state index contributed by atoms with van der Waals surface area (Å²) in [5.41, 5.74) is -0.374. The summed E-state index contributed by atoms with van der Waals surface area (Å²) >= 11 is 0. The number of methoxy groups -OCH3 is 1. The molecule has 29 heavy (non-hydrogen) atoms. The van der Waals surface area contributed by atoms with E-state index in [2.05, 4.69) is 25.8 Å². The number of nitrogens with zero attached hydrogens (tertiary/aromatic N) is 3. The number of ether oxygens (including phenoxy) is 1. The van der Waals surface area contributed by atoms with E-state index in [1.54, 1.807) is 19.5 Å². The Morgan fingerprint density at radius 2 is 2.21 bits per heavy atom. The average molecular weight is 402 g/mol. The van der Waals surface area contributed by atoms with Crippen molar-refractivity contribution in [3.8, 4) is 0 Å². The molecule has 1 fully saturated rings. The molecule has 10 nitrogen and oxygen atoms in total. The number of H-pyrrole nitrogens is 1. The molecule has 2 aromatic rings. The summed E-state index contributed by atoms with van der Waals surface area (Å²) in [5, 5.41) is 13.6. The Hall–Kier alpha value is -3.01. The highest BCUT2D eigenvalue weighted by Gasteiger charge is 2.35. The minimum absolute atomic E-state index is 0.0292. The minimum atomic E-state index is -0.439. The molecule has 3 atom stereocenters. The smallest absolute Gasteiger partial charge is 0.260 e. The summed E-state index contributed by atoms with van der Waals surface area (Å²) < 4.78 is 7.35. The second-order valence-corrected chi connectivity index (χ2v) is 7.18. The average Bonchev–Trinajstić information content (AvgIpc) is 3.13. The van der Waals surface area contributed by atoms with Crippen LogP contribution < -0.4 is 16.2 Å². The molecule has 0 spiro atoms. The Labute approximate surface area is 168 Å². The molecule has 1 aliphatic rings. The highest BCUT2D eigenvalue weighted by atomic mass is 16.5. The van der Waals surface area contributed by atoms with Crippen molar-refractivity contribution in [2.45, 2.75) is 37.8 Å². The molecule has 0 aliphatic heterocycles. The summed E-state index contributed by atoms with van der Waals surface area (Å²) in [4.78, 5) is 39.2. The van der Waals surface area contributed by atoms with E-state index in [0.717, 1.165) is 5.82 Å². The number of rotatable bonds is 7. The molecule has 0 aromatic carbocycles. The van der Waals surface area contributed by atoms with E-state index in [1.165, 1.54) is 12.3 Å². The number of amides is 2. The summed E-state index contributed by atoms with van der Waals surface area (Å²) in [6.07, 6.45) is 5.13. The van der Waals surface area contributed by atoms with Gasteiger partial charge in [0.2, 0.25) is 5.91 Å². The maximum absolute atomic E-state index is 12.5. The Bertz CT molecular complexity index is 908.